The second-order valence-corrected chi connectivity index (χ2v) is 6.70. The molecule has 0 saturated heterocycles. The Morgan fingerprint density at radius 3 is 2.85 bits per heavy atom. The van der Waals surface area contributed by atoms with Gasteiger partial charge in [-0.25, -0.2) is 0 Å². The summed E-state index contributed by atoms with van der Waals surface area (Å²) in [5.74, 6) is 0.661. The fourth-order valence-electron chi connectivity index (χ4n) is 3.22. The van der Waals surface area contributed by atoms with Crippen molar-refractivity contribution in [3.63, 3.8) is 0 Å². The van der Waals surface area contributed by atoms with Crippen LogP contribution in [0.25, 0.3) is 11.1 Å². The second-order valence-electron chi connectivity index (χ2n) is 6.27. The van der Waals surface area contributed by atoms with Gasteiger partial charge >= 0.3 is 0 Å². The number of nitrogens with zero attached hydrogens (tertiary/aromatic N) is 2. The number of fused-ring (bicyclic) bond motifs is 1. The lowest BCUT2D eigenvalue weighted by Crippen LogP contribution is -2.33. The van der Waals surface area contributed by atoms with E-state index in [1.165, 1.54) is 0 Å². The molecule has 3 aromatic rings. The number of halogens is 1. The fourth-order valence-corrected chi connectivity index (χ4v) is 3.41. The van der Waals surface area contributed by atoms with Gasteiger partial charge in [-0.3, -0.25) is 9.48 Å². The zero-order valence-electron chi connectivity index (χ0n) is 14.3. The van der Waals surface area contributed by atoms with Crippen molar-refractivity contribution in [2.75, 3.05) is 6.61 Å². The Balaban J connectivity index is 1.65. The predicted octanol–water partition coefficient (Wildman–Crippen LogP) is 3.99. The zero-order chi connectivity index (χ0) is 18.1. The largest absolute Gasteiger partial charge is 0.493 e. The first-order valence-corrected chi connectivity index (χ1v) is 8.81. The van der Waals surface area contributed by atoms with E-state index in [1.807, 2.05) is 36.4 Å². The van der Waals surface area contributed by atoms with Crippen molar-refractivity contribution in [2.24, 2.45) is 7.05 Å². The van der Waals surface area contributed by atoms with E-state index in [1.54, 1.807) is 24.0 Å². The lowest BCUT2D eigenvalue weighted by Gasteiger charge is -2.27. The first-order valence-electron chi connectivity index (χ1n) is 8.43. The molecule has 0 fully saturated rings. The molecule has 1 amide bonds. The maximum absolute atomic E-state index is 12.6. The Morgan fingerprint density at radius 1 is 1.23 bits per heavy atom. The first kappa shape index (κ1) is 16.7. The lowest BCUT2D eigenvalue weighted by molar-refractivity contribution is 0.0915. The van der Waals surface area contributed by atoms with Gasteiger partial charge in [0.1, 0.15) is 11.4 Å². The van der Waals surface area contributed by atoms with Gasteiger partial charge in [0.25, 0.3) is 5.91 Å². The lowest BCUT2D eigenvalue weighted by atomic mass is 9.95. The SMILES string of the molecule is Cn1nccc1C(=O)NC1CCOc2ccc(-c3cccc(Cl)c3)cc21. The molecule has 0 aliphatic carbocycles. The molecular formula is C20H18ClN3O2. The zero-order valence-corrected chi connectivity index (χ0v) is 15.0. The van der Waals surface area contributed by atoms with Gasteiger partial charge < -0.3 is 10.1 Å². The van der Waals surface area contributed by atoms with E-state index in [-0.39, 0.29) is 11.9 Å². The number of hydrogen-bond donors (Lipinski definition) is 1. The molecule has 26 heavy (non-hydrogen) atoms. The Hall–Kier alpha value is -2.79. The van der Waals surface area contributed by atoms with E-state index >= 15 is 0 Å². The van der Waals surface area contributed by atoms with Crippen LogP contribution in [-0.4, -0.2) is 22.3 Å². The Kier molecular flexibility index (Phi) is 4.39. The third-order valence-electron chi connectivity index (χ3n) is 4.57. The van der Waals surface area contributed by atoms with Crippen LogP contribution >= 0.6 is 11.6 Å². The molecule has 1 N–H and O–H groups in total. The summed E-state index contributed by atoms with van der Waals surface area (Å²) in [6, 6.07) is 15.3. The minimum Gasteiger partial charge on any atom is -0.493 e. The molecule has 0 radical (unpaired) electrons. The van der Waals surface area contributed by atoms with Gasteiger partial charge in [0, 0.05) is 30.3 Å². The normalized spacial score (nSPS) is 15.8. The minimum absolute atomic E-state index is 0.111. The summed E-state index contributed by atoms with van der Waals surface area (Å²) in [4.78, 5) is 12.6. The number of hydrogen-bond acceptors (Lipinski definition) is 3. The van der Waals surface area contributed by atoms with E-state index in [9.17, 15) is 4.79 Å². The molecule has 4 rings (SSSR count). The van der Waals surface area contributed by atoms with Crippen LogP contribution in [-0.2, 0) is 7.05 Å². The molecule has 6 heteroatoms. The van der Waals surface area contributed by atoms with Crippen molar-refractivity contribution in [1.29, 1.82) is 0 Å². The molecule has 132 valence electrons. The number of rotatable bonds is 3. The third kappa shape index (κ3) is 3.18. The molecule has 1 unspecified atom stereocenters. The molecular weight excluding hydrogens is 350 g/mol. The van der Waals surface area contributed by atoms with Crippen molar-refractivity contribution in [2.45, 2.75) is 12.5 Å². The van der Waals surface area contributed by atoms with E-state index in [0.717, 1.165) is 28.9 Å². The van der Waals surface area contributed by atoms with Gasteiger partial charge in [0.05, 0.1) is 12.6 Å². The topological polar surface area (TPSA) is 56.2 Å². The molecule has 0 saturated carbocycles. The highest BCUT2D eigenvalue weighted by Gasteiger charge is 2.25. The van der Waals surface area contributed by atoms with Crippen LogP contribution in [0.1, 0.15) is 28.5 Å². The van der Waals surface area contributed by atoms with Crippen LogP contribution in [0.2, 0.25) is 5.02 Å². The van der Waals surface area contributed by atoms with E-state index in [4.69, 9.17) is 16.3 Å². The molecule has 2 aromatic carbocycles. The first-order chi connectivity index (χ1) is 12.6. The maximum Gasteiger partial charge on any atom is 0.270 e. The quantitative estimate of drug-likeness (QED) is 0.761. The Bertz CT molecular complexity index is 967. The molecule has 5 nitrogen and oxygen atoms in total. The van der Waals surface area contributed by atoms with Crippen molar-refractivity contribution in [3.8, 4) is 16.9 Å². The van der Waals surface area contributed by atoms with Crippen LogP contribution in [0.3, 0.4) is 0 Å². The molecule has 1 aliphatic heterocycles. The fraction of sp³-hybridized carbons (Fsp3) is 0.200. The predicted molar refractivity (Wildman–Crippen MR) is 100 cm³/mol. The number of ether oxygens (including phenoxy) is 1. The average molecular weight is 368 g/mol. The highest BCUT2D eigenvalue weighted by molar-refractivity contribution is 6.30. The molecule has 1 atom stereocenters. The monoisotopic (exact) mass is 367 g/mol. The summed E-state index contributed by atoms with van der Waals surface area (Å²) < 4.78 is 7.34. The van der Waals surface area contributed by atoms with Crippen LogP contribution in [0.15, 0.2) is 54.7 Å². The van der Waals surface area contributed by atoms with Crippen molar-refractivity contribution >= 4 is 17.5 Å². The number of carbonyl (C=O) groups is 1. The molecule has 0 spiro atoms. The van der Waals surface area contributed by atoms with Crippen LogP contribution < -0.4 is 10.1 Å². The van der Waals surface area contributed by atoms with Gasteiger partial charge in [-0.15, -0.1) is 0 Å². The number of amides is 1. The maximum atomic E-state index is 12.6. The number of nitrogens with one attached hydrogen (secondary N) is 1. The number of aromatic nitrogens is 2. The van der Waals surface area contributed by atoms with Gasteiger partial charge in [-0.2, -0.15) is 5.10 Å². The van der Waals surface area contributed by atoms with Gasteiger partial charge in [0.2, 0.25) is 0 Å². The Morgan fingerprint density at radius 2 is 2.08 bits per heavy atom. The van der Waals surface area contributed by atoms with Crippen LogP contribution in [0, 0.1) is 0 Å². The van der Waals surface area contributed by atoms with Gasteiger partial charge in [0.15, 0.2) is 0 Å². The summed E-state index contributed by atoms with van der Waals surface area (Å²) in [6.07, 6.45) is 2.33. The highest BCUT2D eigenvalue weighted by atomic mass is 35.5. The van der Waals surface area contributed by atoms with Gasteiger partial charge in [-0.1, -0.05) is 29.8 Å². The van der Waals surface area contributed by atoms with Crippen LogP contribution in [0.4, 0.5) is 0 Å². The third-order valence-corrected chi connectivity index (χ3v) is 4.80. The summed E-state index contributed by atoms with van der Waals surface area (Å²) in [6.45, 7) is 0.569. The number of aryl methyl sites for hydroxylation is 1. The van der Waals surface area contributed by atoms with Crippen molar-refractivity contribution in [3.05, 3.63) is 71.0 Å². The number of carbonyl (C=O) groups excluding carboxylic acids is 1. The summed E-state index contributed by atoms with van der Waals surface area (Å²) >= 11 is 6.12. The Labute approximate surface area is 156 Å². The summed E-state index contributed by atoms with van der Waals surface area (Å²) in [7, 11) is 1.75. The molecule has 0 bridgehead atoms. The minimum atomic E-state index is -0.143. The van der Waals surface area contributed by atoms with Gasteiger partial charge in [-0.05, 0) is 41.5 Å². The van der Waals surface area contributed by atoms with E-state index in [0.29, 0.717) is 17.3 Å². The molecule has 1 aliphatic rings. The molecule has 1 aromatic heterocycles. The van der Waals surface area contributed by atoms with Crippen molar-refractivity contribution < 1.29 is 9.53 Å². The standard InChI is InChI=1S/C20H18ClN3O2/c1-24-18(7-9-22-24)20(25)23-17-8-10-26-19-6-5-14(12-16(17)19)13-3-2-4-15(21)11-13/h2-7,9,11-12,17H,8,10H2,1H3,(H,23,25). The smallest absolute Gasteiger partial charge is 0.270 e. The average Bonchev–Trinajstić information content (AvgIpc) is 3.08. The summed E-state index contributed by atoms with van der Waals surface area (Å²) in [5, 5.41) is 7.85. The van der Waals surface area contributed by atoms with Crippen LogP contribution in [0.5, 0.6) is 5.75 Å². The second kappa shape index (κ2) is 6.84. The number of benzene rings is 2. The highest BCUT2D eigenvalue weighted by Crippen LogP contribution is 2.36. The van der Waals surface area contributed by atoms with E-state index < -0.39 is 0 Å². The van der Waals surface area contributed by atoms with Crippen molar-refractivity contribution in [1.82, 2.24) is 15.1 Å². The summed E-state index contributed by atoms with van der Waals surface area (Å²) in [5.41, 5.74) is 3.58. The van der Waals surface area contributed by atoms with E-state index in [2.05, 4.69) is 16.5 Å². The molecule has 2 heterocycles.